The van der Waals surface area contributed by atoms with Crippen LogP contribution in [0.3, 0.4) is 0 Å². The molecule has 2 rings (SSSR count). The number of amides is 1. The summed E-state index contributed by atoms with van der Waals surface area (Å²) >= 11 is 11.6. The summed E-state index contributed by atoms with van der Waals surface area (Å²) < 4.78 is 5.18. The number of nitrogens with zero attached hydrogens (tertiary/aromatic N) is 1. The summed E-state index contributed by atoms with van der Waals surface area (Å²) in [5.74, 6) is -0.330. The van der Waals surface area contributed by atoms with Crippen LogP contribution in [0, 0.1) is 13.8 Å². The molecule has 19 heavy (non-hydrogen) atoms. The molecule has 0 saturated heterocycles. The van der Waals surface area contributed by atoms with Gasteiger partial charge in [-0.2, -0.15) is 0 Å². The summed E-state index contributed by atoms with van der Waals surface area (Å²) in [6.45, 7) is 3.29. The van der Waals surface area contributed by atoms with Crippen LogP contribution >= 0.6 is 23.2 Å². The minimum atomic E-state index is -0.535. The molecule has 1 amide bonds. The monoisotopic (exact) mass is 300 g/mol. The van der Waals surface area contributed by atoms with Gasteiger partial charge < -0.3 is 14.8 Å². The van der Waals surface area contributed by atoms with E-state index in [4.69, 9.17) is 27.6 Å². The molecule has 7 heteroatoms. The maximum atomic E-state index is 12.0. The first-order valence-electron chi connectivity index (χ1n) is 5.32. The quantitative estimate of drug-likeness (QED) is 0.832. The molecule has 0 atom stereocenters. The standard InChI is InChI=1S/C12H10Cl2N2O3/c1-5-11(19-6(2)15-5)12(18)16-9-4-7(13)3-8(14)10(9)17/h3-4,17H,1-2H3,(H,16,18). The first-order chi connectivity index (χ1) is 8.88. The molecule has 2 N–H and O–H groups in total. The number of phenols is 1. The highest BCUT2D eigenvalue weighted by Crippen LogP contribution is 2.35. The maximum Gasteiger partial charge on any atom is 0.293 e. The van der Waals surface area contributed by atoms with Crippen LogP contribution in [0.25, 0.3) is 0 Å². The predicted octanol–water partition coefficient (Wildman–Crippen LogP) is 3.56. The second-order valence-electron chi connectivity index (χ2n) is 3.89. The van der Waals surface area contributed by atoms with Crippen molar-refractivity contribution in [3.8, 4) is 5.75 Å². The normalized spacial score (nSPS) is 10.5. The van der Waals surface area contributed by atoms with E-state index in [0.29, 0.717) is 16.6 Å². The number of carbonyl (C=O) groups excluding carboxylic acids is 1. The van der Waals surface area contributed by atoms with E-state index in [9.17, 15) is 9.90 Å². The van der Waals surface area contributed by atoms with Crippen molar-refractivity contribution in [1.29, 1.82) is 0 Å². The SMILES string of the molecule is Cc1nc(C)c(C(=O)Nc2cc(Cl)cc(Cl)c2O)o1. The number of nitrogens with one attached hydrogen (secondary N) is 1. The van der Waals surface area contributed by atoms with Crippen molar-refractivity contribution in [3.63, 3.8) is 0 Å². The van der Waals surface area contributed by atoms with E-state index < -0.39 is 5.91 Å². The molecule has 100 valence electrons. The van der Waals surface area contributed by atoms with Crippen molar-refractivity contribution in [1.82, 2.24) is 4.98 Å². The molecule has 0 spiro atoms. The maximum absolute atomic E-state index is 12.0. The summed E-state index contributed by atoms with van der Waals surface area (Å²) in [5.41, 5.74) is 0.568. The lowest BCUT2D eigenvalue weighted by molar-refractivity contribution is 0.0994. The summed E-state index contributed by atoms with van der Waals surface area (Å²) in [4.78, 5) is 16.0. The third-order valence-electron chi connectivity index (χ3n) is 2.39. The van der Waals surface area contributed by atoms with Gasteiger partial charge in [-0.1, -0.05) is 23.2 Å². The lowest BCUT2D eigenvalue weighted by Gasteiger charge is -2.08. The third-order valence-corrected chi connectivity index (χ3v) is 2.89. The number of anilines is 1. The Hall–Kier alpha value is -1.72. The number of oxazole rings is 1. The van der Waals surface area contributed by atoms with Gasteiger partial charge in [-0.05, 0) is 19.1 Å². The number of carbonyl (C=O) groups is 1. The van der Waals surface area contributed by atoms with Gasteiger partial charge in [0.1, 0.15) is 0 Å². The van der Waals surface area contributed by atoms with Crippen LogP contribution in [0.2, 0.25) is 10.0 Å². The van der Waals surface area contributed by atoms with Gasteiger partial charge in [0.15, 0.2) is 11.6 Å². The Bertz CT molecular complexity index is 653. The number of benzene rings is 1. The van der Waals surface area contributed by atoms with E-state index in [-0.39, 0.29) is 22.2 Å². The van der Waals surface area contributed by atoms with Crippen molar-refractivity contribution in [2.24, 2.45) is 0 Å². The Labute approximate surface area is 119 Å². The Morgan fingerprint density at radius 3 is 2.63 bits per heavy atom. The van der Waals surface area contributed by atoms with Crippen LogP contribution < -0.4 is 5.32 Å². The van der Waals surface area contributed by atoms with Gasteiger partial charge in [0.2, 0.25) is 5.76 Å². The second-order valence-corrected chi connectivity index (χ2v) is 4.73. The minimum Gasteiger partial charge on any atom is -0.504 e. The Morgan fingerprint density at radius 2 is 2.05 bits per heavy atom. The number of hydrogen-bond acceptors (Lipinski definition) is 4. The summed E-state index contributed by atoms with van der Waals surface area (Å²) in [5, 5.41) is 12.6. The van der Waals surface area contributed by atoms with E-state index in [0.717, 1.165) is 0 Å². The number of aromatic nitrogens is 1. The third kappa shape index (κ3) is 2.83. The molecule has 2 aromatic rings. The van der Waals surface area contributed by atoms with Gasteiger partial charge in [-0.3, -0.25) is 4.79 Å². The molecule has 0 aliphatic heterocycles. The molecule has 0 bridgehead atoms. The Morgan fingerprint density at radius 1 is 1.37 bits per heavy atom. The van der Waals surface area contributed by atoms with E-state index >= 15 is 0 Å². The van der Waals surface area contributed by atoms with Gasteiger partial charge in [-0.15, -0.1) is 0 Å². The molecule has 0 radical (unpaired) electrons. The number of aryl methyl sites for hydroxylation is 2. The number of rotatable bonds is 2. The fourth-order valence-electron chi connectivity index (χ4n) is 1.58. The number of halogens is 2. The van der Waals surface area contributed by atoms with Crippen molar-refractivity contribution in [2.45, 2.75) is 13.8 Å². The molecular weight excluding hydrogens is 291 g/mol. The average molecular weight is 301 g/mol. The molecule has 0 saturated carbocycles. The van der Waals surface area contributed by atoms with Crippen molar-refractivity contribution >= 4 is 34.8 Å². The zero-order valence-corrected chi connectivity index (χ0v) is 11.6. The van der Waals surface area contributed by atoms with Crippen molar-refractivity contribution < 1.29 is 14.3 Å². The molecule has 5 nitrogen and oxygen atoms in total. The first kappa shape index (κ1) is 13.7. The van der Waals surface area contributed by atoms with Gasteiger partial charge >= 0.3 is 0 Å². The molecule has 1 heterocycles. The van der Waals surface area contributed by atoms with Crippen molar-refractivity contribution in [2.75, 3.05) is 5.32 Å². The fraction of sp³-hybridized carbons (Fsp3) is 0.167. The smallest absolute Gasteiger partial charge is 0.293 e. The van der Waals surface area contributed by atoms with Crippen LogP contribution in [-0.4, -0.2) is 16.0 Å². The molecule has 0 aliphatic carbocycles. The highest BCUT2D eigenvalue weighted by molar-refractivity contribution is 6.36. The molecule has 1 aromatic heterocycles. The van der Waals surface area contributed by atoms with Crippen LogP contribution in [0.5, 0.6) is 5.75 Å². The number of phenolic OH excluding ortho intramolecular Hbond substituents is 1. The summed E-state index contributed by atoms with van der Waals surface area (Å²) in [7, 11) is 0. The summed E-state index contributed by atoms with van der Waals surface area (Å²) in [6.07, 6.45) is 0. The molecular formula is C12H10Cl2N2O3. The van der Waals surface area contributed by atoms with Gasteiger partial charge in [0.05, 0.1) is 16.4 Å². The topological polar surface area (TPSA) is 75.4 Å². The second kappa shape index (κ2) is 5.11. The number of hydrogen-bond donors (Lipinski definition) is 2. The zero-order valence-electron chi connectivity index (χ0n) is 10.1. The van der Waals surface area contributed by atoms with E-state index in [2.05, 4.69) is 10.3 Å². The van der Waals surface area contributed by atoms with Crippen LogP contribution in [-0.2, 0) is 0 Å². The van der Waals surface area contributed by atoms with Crippen LogP contribution in [0.1, 0.15) is 22.1 Å². The lowest BCUT2D eigenvalue weighted by Crippen LogP contribution is -2.12. The zero-order chi connectivity index (χ0) is 14.2. The molecule has 1 aromatic carbocycles. The molecule has 0 aliphatic rings. The van der Waals surface area contributed by atoms with Crippen LogP contribution in [0.15, 0.2) is 16.5 Å². The van der Waals surface area contributed by atoms with E-state index in [1.807, 2.05) is 0 Å². The lowest BCUT2D eigenvalue weighted by atomic mass is 10.2. The molecule has 0 unspecified atom stereocenters. The predicted molar refractivity (Wildman–Crippen MR) is 72.1 cm³/mol. The Balaban J connectivity index is 2.31. The molecule has 0 fully saturated rings. The van der Waals surface area contributed by atoms with Gasteiger partial charge in [0.25, 0.3) is 5.91 Å². The van der Waals surface area contributed by atoms with Crippen molar-refractivity contribution in [3.05, 3.63) is 39.5 Å². The fourth-order valence-corrected chi connectivity index (χ4v) is 2.08. The highest BCUT2D eigenvalue weighted by atomic mass is 35.5. The first-order valence-corrected chi connectivity index (χ1v) is 6.07. The van der Waals surface area contributed by atoms with E-state index in [1.165, 1.54) is 12.1 Å². The summed E-state index contributed by atoms with van der Waals surface area (Å²) in [6, 6.07) is 2.76. The largest absolute Gasteiger partial charge is 0.504 e. The Kier molecular flexibility index (Phi) is 3.68. The average Bonchev–Trinajstić information content (AvgIpc) is 2.64. The minimum absolute atomic E-state index is 0.0493. The van der Waals surface area contributed by atoms with Crippen LogP contribution in [0.4, 0.5) is 5.69 Å². The highest BCUT2D eigenvalue weighted by Gasteiger charge is 2.18. The van der Waals surface area contributed by atoms with Gasteiger partial charge in [0, 0.05) is 11.9 Å². The van der Waals surface area contributed by atoms with Gasteiger partial charge in [-0.25, -0.2) is 4.98 Å². The van der Waals surface area contributed by atoms with E-state index in [1.54, 1.807) is 13.8 Å². The number of aromatic hydroxyl groups is 1.